The molecular weight excluding hydrogens is 222 g/mol. The van der Waals surface area contributed by atoms with Gasteiger partial charge in [0.25, 0.3) is 0 Å². The Balaban J connectivity index is 1.79. The van der Waals surface area contributed by atoms with E-state index in [2.05, 4.69) is 16.1 Å². The van der Waals surface area contributed by atoms with Gasteiger partial charge in [0.15, 0.2) is 0 Å². The van der Waals surface area contributed by atoms with E-state index in [0.29, 0.717) is 12.5 Å². The van der Waals surface area contributed by atoms with Gasteiger partial charge in [-0.1, -0.05) is 6.42 Å². The van der Waals surface area contributed by atoms with Gasteiger partial charge < -0.3 is 10.1 Å². The van der Waals surface area contributed by atoms with Crippen molar-refractivity contribution < 1.29 is 9.53 Å². The third kappa shape index (κ3) is 3.06. The molecule has 0 unspecified atom stereocenters. The van der Waals surface area contributed by atoms with Gasteiger partial charge in [-0.2, -0.15) is 0 Å². The molecule has 3 nitrogen and oxygen atoms in total. The lowest BCUT2D eigenvalue weighted by atomic mass is 9.93. The quantitative estimate of drug-likeness (QED) is 0.800. The van der Waals surface area contributed by atoms with Crippen LogP contribution in [0.25, 0.3) is 0 Å². The Morgan fingerprint density at radius 2 is 2.25 bits per heavy atom. The maximum absolute atomic E-state index is 11.1. The molecule has 2 rings (SSSR count). The monoisotopic (exact) mass is 239 g/mol. The summed E-state index contributed by atoms with van der Waals surface area (Å²) in [5.41, 5.74) is 0. The first-order chi connectivity index (χ1) is 7.78. The Bertz CT molecular complexity index is 358. The van der Waals surface area contributed by atoms with Crippen molar-refractivity contribution >= 4 is 17.3 Å². The SMILES string of the molecule is COC(=O)Cc1ccc(CNC2CCC2)s1. The number of nitrogens with one attached hydrogen (secondary N) is 1. The van der Waals surface area contributed by atoms with E-state index < -0.39 is 0 Å². The predicted molar refractivity (Wildman–Crippen MR) is 64.5 cm³/mol. The number of rotatable bonds is 5. The lowest BCUT2D eigenvalue weighted by Gasteiger charge is -2.26. The highest BCUT2D eigenvalue weighted by molar-refractivity contribution is 7.12. The van der Waals surface area contributed by atoms with Crippen LogP contribution in [0.5, 0.6) is 0 Å². The predicted octanol–water partition coefficient (Wildman–Crippen LogP) is 2.11. The van der Waals surface area contributed by atoms with E-state index in [4.69, 9.17) is 0 Å². The minimum absolute atomic E-state index is 0.166. The van der Waals surface area contributed by atoms with Crippen LogP contribution in [0.3, 0.4) is 0 Å². The Kier molecular flexibility index (Phi) is 3.96. The van der Waals surface area contributed by atoms with Crippen molar-refractivity contribution in [1.82, 2.24) is 5.32 Å². The summed E-state index contributed by atoms with van der Waals surface area (Å²) in [4.78, 5) is 13.5. The summed E-state index contributed by atoms with van der Waals surface area (Å²) in [7, 11) is 1.43. The number of hydrogen-bond acceptors (Lipinski definition) is 4. The van der Waals surface area contributed by atoms with E-state index in [1.807, 2.05) is 6.07 Å². The summed E-state index contributed by atoms with van der Waals surface area (Å²) >= 11 is 1.69. The highest BCUT2D eigenvalue weighted by Gasteiger charge is 2.16. The molecule has 1 aliphatic carbocycles. The van der Waals surface area contributed by atoms with Crippen molar-refractivity contribution in [2.45, 2.75) is 38.3 Å². The summed E-state index contributed by atoms with van der Waals surface area (Å²) in [6, 6.07) is 4.82. The highest BCUT2D eigenvalue weighted by atomic mass is 32.1. The van der Waals surface area contributed by atoms with Crippen LogP contribution in [0.2, 0.25) is 0 Å². The van der Waals surface area contributed by atoms with Crippen LogP contribution in [0.1, 0.15) is 29.0 Å². The van der Waals surface area contributed by atoms with Crippen molar-refractivity contribution in [2.24, 2.45) is 0 Å². The van der Waals surface area contributed by atoms with Gasteiger partial charge in [-0.3, -0.25) is 4.79 Å². The second kappa shape index (κ2) is 5.46. The molecule has 0 saturated heterocycles. The van der Waals surface area contributed by atoms with E-state index in [9.17, 15) is 4.79 Å². The minimum atomic E-state index is -0.166. The number of carbonyl (C=O) groups excluding carboxylic acids is 1. The summed E-state index contributed by atoms with van der Waals surface area (Å²) < 4.78 is 4.64. The first-order valence-electron chi connectivity index (χ1n) is 5.65. The standard InChI is InChI=1S/C12H17NO2S/c1-15-12(14)7-10-5-6-11(16-10)8-13-9-3-2-4-9/h5-6,9,13H,2-4,7-8H2,1H3. The zero-order chi connectivity index (χ0) is 11.4. The Hall–Kier alpha value is -0.870. The number of esters is 1. The summed E-state index contributed by atoms with van der Waals surface area (Å²) in [5, 5.41) is 3.51. The fraction of sp³-hybridized carbons (Fsp3) is 0.583. The molecule has 1 N–H and O–H groups in total. The van der Waals surface area contributed by atoms with Gasteiger partial charge in [-0.15, -0.1) is 11.3 Å². The largest absolute Gasteiger partial charge is 0.469 e. The Morgan fingerprint density at radius 3 is 2.88 bits per heavy atom. The van der Waals surface area contributed by atoms with Crippen LogP contribution >= 0.6 is 11.3 Å². The average Bonchev–Trinajstić information content (AvgIpc) is 2.63. The van der Waals surface area contributed by atoms with Crippen molar-refractivity contribution in [2.75, 3.05) is 7.11 Å². The third-order valence-electron chi connectivity index (χ3n) is 2.93. The molecule has 0 spiro atoms. The van der Waals surface area contributed by atoms with Crippen molar-refractivity contribution in [3.63, 3.8) is 0 Å². The zero-order valence-electron chi connectivity index (χ0n) is 9.49. The maximum atomic E-state index is 11.1. The molecule has 1 heterocycles. The molecule has 1 saturated carbocycles. The van der Waals surface area contributed by atoms with Gasteiger partial charge in [-0.05, 0) is 25.0 Å². The molecule has 0 aromatic carbocycles. The van der Waals surface area contributed by atoms with Gasteiger partial charge >= 0.3 is 5.97 Å². The molecule has 16 heavy (non-hydrogen) atoms. The minimum Gasteiger partial charge on any atom is -0.469 e. The fourth-order valence-corrected chi connectivity index (χ4v) is 2.64. The van der Waals surface area contributed by atoms with Crippen LogP contribution in [-0.4, -0.2) is 19.1 Å². The Labute approximate surface area is 99.8 Å². The number of hydrogen-bond donors (Lipinski definition) is 1. The van der Waals surface area contributed by atoms with Gasteiger partial charge in [0, 0.05) is 22.3 Å². The smallest absolute Gasteiger partial charge is 0.310 e. The van der Waals surface area contributed by atoms with Crippen molar-refractivity contribution in [3.8, 4) is 0 Å². The number of ether oxygens (including phenoxy) is 1. The molecule has 0 radical (unpaired) electrons. The van der Waals surface area contributed by atoms with Crippen LogP contribution in [0, 0.1) is 0 Å². The molecule has 0 atom stereocenters. The molecule has 1 fully saturated rings. The van der Waals surface area contributed by atoms with E-state index >= 15 is 0 Å². The highest BCUT2D eigenvalue weighted by Crippen LogP contribution is 2.21. The first kappa shape index (κ1) is 11.6. The van der Waals surface area contributed by atoms with E-state index in [1.54, 1.807) is 11.3 Å². The van der Waals surface area contributed by atoms with Gasteiger partial charge in [0.2, 0.25) is 0 Å². The van der Waals surface area contributed by atoms with Gasteiger partial charge in [-0.25, -0.2) is 0 Å². The number of carbonyl (C=O) groups is 1. The lowest BCUT2D eigenvalue weighted by Crippen LogP contribution is -2.34. The summed E-state index contributed by atoms with van der Waals surface area (Å²) in [6.07, 6.45) is 4.36. The lowest BCUT2D eigenvalue weighted by molar-refractivity contribution is -0.139. The Morgan fingerprint density at radius 1 is 1.50 bits per heavy atom. The van der Waals surface area contributed by atoms with Crippen LogP contribution < -0.4 is 5.32 Å². The van der Waals surface area contributed by atoms with Crippen LogP contribution in [0.15, 0.2) is 12.1 Å². The zero-order valence-corrected chi connectivity index (χ0v) is 10.3. The molecule has 88 valence electrons. The average molecular weight is 239 g/mol. The van der Waals surface area contributed by atoms with Crippen LogP contribution in [0.4, 0.5) is 0 Å². The van der Waals surface area contributed by atoms with E-state index in [-0.39, 0.29) is 5.97 Å². The molecule has 1 aromatic heterocycles. The normalized spacial score (nSPS) is 15.8. The maximum Gasteiger partial charge on any atom is 0.310 e. The summed E-state index contributed by atoms with van der Waals surface area (Å²) in [6.45, 7) is 0.927. The summed E-state index contributed by atoms with van der Waals surface area (Å²) in [5.74, 6) is -0.166. The molecule has 4 heteroatoms. The molecule has 0 amide bonds. The van der Waals surface area contributed by atoms with E-state index in [0.717, 1.165) is 11.4 Å². The fourth-order valence-electron chi connectivity index (χ4n) is 1.68. The van der Waals surface area contributed by atoms with Crippen molar-refractivity contribution in [3.05, 3.63) is 21.9 Å². The van der Waals surface area contributed by atoms with E-state index in [1.165, 1.54) is 31.2 Å². The van der Waals surface area contributed by atoms with Gasteiger partial charge in [0.1, 0.15) is 0 Å². The van der Waals surface area contributed by atoms with Crippen LogP contribution in [-0.2, 0) is 22.5 Å². The molecule has 1 aromatic rings. The number of methoxy groups -OCH3 is 1. The third-order valence-corrected chi connectivity index (χ3v) is 4.02. The second-order valence-electron chi connectivity index (χ2n) is 4.13. The first-order valence-corrected chi connectivity index (χ1v) is 6.47. The van der Waals surface area contributed by atoms with Gasteiger partial charge in [0.05, 0.1) is 13.5 Å². The molecule has 0 aliphatic heterocycles. The molecule has 0 bridgehead atoms. The number of thiophene rings is 1. The molecule has 1 aliphatic rings. The molecular formula is C12H17NO2S. The second-order valence-corrected chi connectivity index (χ2v) is 5.38. The topological polar surface area (TPSA) is 38.3 Å². The van der Waals surface area contributed by atoms with Crippen molar-refractivity contribution in [1.29, 1.82) is 0 Å².